The predicted molar refractivity (Wildman–Crippen MR) is 188 cm³/mol. The highest BCUT2D eigenvalue weighted by atomic mass is 28.4. The van der Waals surface area contributed by atoms with Crippen molar-refractivity contribution in [2.45, 2.75) is 167 Å². The van der Waals surface area contributed by atoms with Gasteiger partial charge in [-0.2, -0.15) is 0 Å². The molecule has 4 heterocycles. The molecule has 47 heavy (non-hydrogen) atoms. The molecule has 10 atom stereocenters. The highest BCUT2D eigenvalue weighted by Gasteiger charge is 2.62. The predicted octanol–water partition coefficient (Wildman–Crippen LogP) is 8.34. The Hall–Kier alpha value is -1.55. The van der Waals surface area contributed by atoms with Crippen molar-refractivity contribution >= 4 is 14.3 Å². The fraction of sp³-hybridized carbons (Fsp3) is 0.769. The molecule has 5 rings (SSSR count). The maximum atomic E-state index is 14.5. The first kappa shape index (κ1) is 36.7. The second kappa shape index (κ2) is 14.0. The van der Waals surface area contributed by atoms with E-state index in [4.69, 9.17) is 23.4 Å². The van der Waals surface area contributed by atoms with Gasteiger partial charge in [-0.3, -0.25) is 4.79 Å². The van der Waals surface area contributed by atoms with Gasteiger partial charge in [-0.15, -0.1) is 0 Å². The van der Waals surface area contributed by atoms with Crippen LogP contribution in [-0.4, -0.2) is 67.9 Å². The number of fused-ring (bicyclic) bond motifs is 2. The number of carbonyl (C=O) groups is 1. The first-order valence-electron chi connectivity index (χ1n) is 18.3. The molecule has 2 bridgehead atoms. The van der Waals surface area contributed by atoms with Crippen LogP contribution >= 0.6 is 0 Å². The van der Waals surface area contributed by atoms with E-state index in [1.807, 2.05) is 18.2 Å². The van der Waals surface area contributed by atoms with Crippen molar-refractivity contribution in [3.8, 4) is 0 Å². The van der Waals surface area contributed by atoms with Crippen LogP contribution in [0.1, 0.15) is 107 Å². The van der Waals surface area contributed by atoms with Crippen LogP contribution in [-0.2, 0) is 28.2 Å². The minimum Gasteiger partial charge on any atom is -0.462 e. The lowest BCUT2D eigenvalue weighted by molar-refractivity contribution is -0.335. The van der Waals surface area contributed by atoms with Gasteiger partial charge in [0, 0.05) is 19.3 Å². The lowest BCUT2D eigenvalue weighted by Gasteiger charge is -2.50. The van der Waals surface area contributed by atoms with Crippen LogP contribution in [0.15, 0.2) is 47.1 Å². The molecule has 264 valence electrons. The average Bonchev–Trinajstić information content (AvgIpc) is 3.32. The van der Waals surface area contributed by atoms with Crippen LogP contribution in [0.5, 0.6) is 0 Å². The Bertz CT molecular complexity index is 1280. The van der Waals surface area contributed by atoms with E-state index in [0.717, 1.165) is 37.7 Å². The molecule has 0 amide bonds. The smallest absolute Gasteiger partial charge is 0.316 e. The van der Waals surface area contributed by atoms with Crippen LogP contribution in [0.4, 0.5) is 0 Å². The molecule has 4 aliphatic heterocycles. The van der Waals surface area contributed by atoms with Crippen molar-refractivity contribution in [2.24, 2.45) is 17.8 Å². The van der Waals surface area contributed by atoms with Gasteiger partial charge in [0.25, 0.3) is 0 Å². The van der Waals surface area contributed by atoms with Crippen molar-refractivity contribution in [3.05, 3.63) is 47.1 Å². The van der Waals surface area contributed by atoms with E-state index in [2.05, 4.69) is 80.6 Å². The first-order chi connectivity index (χ1) is 22.0. The van der Waals surface area contributed by atoms with E-state index in [0.29, 0.717) is 36.7 Å². The van der Waals surface area contributed by atoms with Gasteiger partial charge in [-0.1, -0.05) is 84.4 Å². The van der Waals surface area contributed by atoms with Crippen LogP contribution < -0.4 is 0 Å². The molecule has 1 aliphatic carbocycles. The summed E-state index contributed by atoms with van der Waals surface area (Å²) >= 11 is 0. The van der Waals surface area contributed by atoms with E-state index in [1.165, 1.54) is 5.57 Å². The number of carbonyl (C=O) groups excluding carboxylic acids is 1. The zero-order chi connectivity index (χ0) is 34.4. The Kier molecular flexibility index (Phi) is 10.9. The molecule has 0 aromatic carbocycles. The molecule has 8 heteroatoms. The number of hydrogen-bond donors (Lipinski definition) is 1. The van der Waals surface area contributed by atoms with Crippen molar-refractivity contribution in [2.75, 3.05) is 6.61 Å². The number of hydrogen-bond acceptors (Lipinski definition) is 7. The minimum absolute atomic E-state index is 0.0290. The molecule has 1 spiro atoms. The fourth-order valence-corrected chi connectivity index (χ4v) is 9.33. The molecule has 3 fully saturated rings. The van der Waals surface area contributed by atoms with Crippen LogP contribution in [0, 0.1) is 17.8 Å². The highest BCUT2D eigenvalue weighted by molar-refractivity contribution is 6.74. The van der Waals surface area contributed by atoms with Gasteiger partial charge in [-0.05, 0) is 80.1 Å². The van der Waals surface area contributed by atoms with Crippen LogP contribution in [0.2, 0.25) is 18.1 Å². The molecule has 0 aromatic heterocycles. The van der Waals surface area contributed by atoms with Gasteiger partial charge < -0.3 is 28.5 Å². The summed E-state index contributed by atoms with van der Waals surface area (Å²) in [4.78, 5) is 14.5. The third-order valence-electron chi connectivity index (χ3n) is 12.0. The summed E-state index contributed by atoms with van der Waals surface area (Å²) in [6.45, 7) is 22.2. The molecule has 0 radical (unpaired) electrons. The third kappa shape index (κ3) is 7.48. The second-order valence-electron chi connectivity index (χ2n) is 16.7. The number of ether oxygens (including phenoxy) is 4. The normalized spacial score (nSPS) is 43.2. The van der Waals surface area contributed by atoms with Gasteiger partial charge in [0.05, 0.1) is 24.9 Å². The van der Waals surface area contributed by atoms with E-state index in [9.17, 15) is 9.90 Å². The third-order valence-corrected chi connectivity index (χ3v) is 16.4. The Labute approximate surface area is 285 Å². The molecule has 5 aliphatic rings. The maximum absolute atomic E-state index is 14.5. The standard InChI is InChI=1S/C39H62O7Si/c1-11-28-21-32-36(40)43-31-22-30(44-38(23-31)19-18-27(5)33(12-2)45-38)17-16-26(4)20-25(3)14-13-15-29-24-42-35(39(29,32)41)34(28)46-47(9,10)37(6,7)8/h13-16,21,25,27,30-35,41H,11-12,17-20,22-24H2,1-10H3/b14-13+,26-16+,29-15+/t25-,27-,30+,31-,32-,33+,34+,35+,38+,39+/m0/s1. The largest absolute Gasteiger partial charge is 0.462 e. The van der Waals surface area contributed by atoms with Gasteiger partial charge >= 0.3 is 5.97 Å². The Morgan fingerprint density at radius 1 is 1.13 bits per heavy atom. The van der Waals surface area contributed by atoms with Crippen molar-refractivity contribution in [1.82, 2.24) is 0 Å². The van der Waals surface area contributed by atoms with Crippen molar-refractivity contribution < 1.29 is 33.3 Å². The zero-order valence-electron chi connectivity index (χ0n) is 30.8. The average molecular weight is 671 g/mol. The van der Waals surface area contributed by atoms with Crippen molar-refractivity contribution in [3.63, 3.8) is 0 Å². The SMILES string of the molecule is CCC1=C[C@H]2C(=O)O[C@H]3C[C@@H](C/C=C(\C)C[C@@H](C)/C=C/C=C4\CO[C@H]([C@@H]1O[Si](C)(C)C(C)(C)C)[C@@]42O)O[C@@]1(CC[C@H](C)[C@@H](CC)O1)C3. The summed E-state index contributed by atoms with van der Waals surface area (Å²) in [5, 5.41) is 12.8. The number of rotatable bonds is 4. The summed E-state index contributed by atoms with van der Waals surface area (Å²) in [5.74, 6) is -1.34. The Morgan fingerprint density at radius 3 is 2.55 bits per heavy atom. The van der Waals surface area contributed by atoms with Crippen LogP contribution in [0.3, 0.4) is 0 Å². The highest BCUT2D eigenvalue weighted by Crippen LogP contribution is 2.50. The van der Waals surface area contributed by atoms with E-state index in [1.54, 1.807) is 0 Å². The van der Waals surface area contributed by atoms with E-state index >= 15 is 0 Å². The quantitative estimate of drug-likeness (QED) is 0.183. The first-order valence-corrected chi connectivity index (χ1v) is 21.2. The summed E-state index contributed by atoms with van der Waals surface area (Å²) in [6.07, 6.45) is 15.0. The van der Waals surface area contributed by atoms with E-state index in [-0.39, 0.29) is 30.0 Å². The maximum Gasteiger partial charge on any atom is 0.316 e. The van der Waals surface area contributed by atoms with Gasteiger partial charge in [0.15, 0.2) is 14.1 Å². The Morgan fingerprint density at radius 2 is 1.87 bits per heavy atom. The molecule has 1 N–H and O–H groups in total. The summed E-state index contributed by atoms with van der Waals surface area (Å²) in [6, 6.07) is 0. The molecule has 0 unspecified atom stereocenters. The van der Waals surface area contributed by atoms with Gasteiger partial charge in [0.1, 0.15) is 23.7 Å². The number of aliphatic hydroxyl groups is 1. The lowest BCUT2D eigenvalue weighted by Crippen LogP contribution is -2.61. The number of allylic oxidation sites excluding steroid dienone is 4. The minimum atomic E-state index is -2.26. The Balaban J connectivity index is 1.56. The zero-order valence-corrected chi connectivity index (χ0v) is 31.8. The van der Waals surface area contributed by atoms with Gasteiger partial charge in [-0.25, -0.2) is 0 Å². The molecular formula is C39H62O7Si. The number of esters is 1. The van der Waals surface area contributed by atoms with E-state index < -0.39 is 43.8 Å². The topological polar surface area (TPSA) is 83.5 Å². The molecule has 0 aromatic rings. The summed E-state index contributed by atoms with van der Waals surface area (Å²) in [7, 11) is -2.26. The summed E-state index contributed by atoms with van der Waals surface area (Å²) in [5.41, 5.74) is 1.40. The molecular weight excluding hydrogens is 609 g/mol. The second-order valence-corrected chi connectivity index (χ2v) is 21.5. The molecule has 0 saturated carbocycles. The fourth-order valence-electron chi connectivity index (χ4n) is 8.07. The lowest BCUT2D eigenvalue weighted by atomic mass is 9.70. The van der Waals surface area contributed by atoms with Crippen LogP contribution in [0.25, 0.3) is 0 Å². The monoisotopic (exact) mass is 670 g/mol. The molecule has 3 saturated heterocycles. The van der Waals surface area contributed by atoms with Gasteiger partial charge in [0.2, 0.25) is 0 Å². The van der Waals surface area contributed by atoms with Crippen molar-refractivity contribution in [1.29, 1.82) is 0 Å². The molecule has 7 nitrogen and oxygen atoms in total. The summed E-state index contributed by atoms with van der Waals surface area (Å²) < 4.78 is 33.5.